The van der Waals surface area contributed by atoms with Gasteiger partial charge in [-0.05, 0) is 31.9 Å². The summed E-state index contributed by atoms with van der Waals surface area (Å²) in [6, 6.07) is 3.61. The lowest BCUT2D eigenvalue weighted by molar-refractivity contribution is -0.149. The lowest BCUT2D eigenvalue weighted by atomic mass is 9.97. The number of nitrogens with zero attached hydrogens (tertiary/aromatic N) is 4. The molecule has 1 aliphatic heterocycles. The van der Waals surface area contributed by atoms with Crippen molar-refractivity contribution in [3.05, 3.63) is 24.2 Å². The molecule has 0 atom stereocenters. The second-order valence-electron chi connectivity index (χ2n) is 6.00. The molecule has 0 saturated carbocycles. The van der Waals surface area contributed by atoms with Gasteiger partial charge >= 0.3 is 5.97 Å². The van der Waals surface area contributed by atoms with E-state index in [0.29, 0.717) is 30.6 Å². The minimum Gasteiger partial charge on any atom is -0.466 e. The Kier molecular flexibility index (Phi) is 5.88. The predicted molar refractivity (Wildman–Crippen MR) is 95.2 cm³/mol. The van der Waals surface area contributed by atoms with Crippen molar-refractivity contribution in [3.63, 3.8) is 0 Å². The molecule has 0 radical (unpaired) electrons. The number of rotatable bonds is 5. The molecule has 0 spiro atoms. The molecule has 1 aliphatic rings. The Hall–Kier alpha value is -2.84. The van der Waals surface area contributed by atoms with Crippen LogP contribution >= 0.6 is 0 Å². The first-order valence-corrected chi connectivity index (χ1v) is 8.78. The van der Waals surface area contributed by atoms with E-state index in [-0.39, 0.29) is 11.9 Å². The second kappa shape index (κ2) is 8.50. The Morgan fingerprint density at radius 2 is 2.31 bits per heavy atom. The molecule has 2 aromatic rings. The fourth-order valence-corrected chi connectivity index (χ4v) is 2.97. The highest BCUT2D eigenvalue weighted by Gasteiger charge is 2.27. The highest BCUT2D eigenvalue weighted by molar-refractivity contribution is 5.80. The van der Waals surface area contributed by atoms with E-state index in [2.05, 4.69) is 30.4 Å². The fraction of sp³-hybridized carbons (Fsp3) is 0.529. The molecule has 3 heterocycles. The first kappa shape index (κ1) is 18.0. The van der Waals surface area contributed by atoms with E-state index in [0.717, 1.165) is 31.9 Å². The van der Waals surface area contributed by atoms with Gasteiger partial charge < -0.3 is 19.4 Å². The van der Waals surface area contributed by atoms with Gasteiger partial charge in [0.05, 0.1) is 25.3 Å². The summed E-state index contributed by atoms with van der Waals surface area (Å²) in [4.78, 5) is 22.7. The Labute approximate surface area is 151 Å². The number of ether oxygens (including phenoxy) is 1. The van der Waals surface area contributed by atoms with E-state index >= 15 is 0 Å². The molecule has 140 valence electrons. The summed E-state index contributed by atoms with van der Waals surface area (Å²) < 4.78 is 10.4. The summed E-state index contributed by atoms with van der Waals surface area (Å²) in [6.45, 7) is 4.26. The highest BCUT2D eigenvalue weighted by atomic mass is 16.5. The molecule has 2 aromatic heterocycles. The molecule has 3 rings (SSSR count). The minimum absolute atomic E-state index is 0.0190. The molecular weight excluding hydrogens is 336 g/mol. The van der Waals surface area contributed by atoms with Gasteiger partial charge in [-0.15, -0.1) is 5.10 Å². The number of hydrogen-bond acceptors (Lipinski definition) is 6. The lowest BCUT2D eigenvalue weighted by Gasteiger charge is -2.33. The van der Waals surface area contributed by atoms with Gasteiger partial charge in [0, 0.05) is 20.1 Å². The third kappa shape index (κ3) is 4.22. The van der Waals surface area contributed by atoms with Crippen LogP contribution in [-0.2, 0) is 16.1 Å². The molecule has 0 amide bonds. The van der Waals surface area contributed by atoms with Crippen molar-refractivity contribution in [2.75, 3.05) is 26.7 Å². The number of guanidine groups is 1. The number of hydrogen-bond donors (Lipinski definition) is 2. The van der Waals surface area contributed by atoms with Crippen molar-refractivity contribution >= 4 is 11.9 Å². The average Bonchev–Trinajstić information content (AvgIpc) is 3.34. The Morgan fingerprint density at radius 3 is 2.96 bits per heavy atom. The molecule has 0 aromatic carbocycles. The van der Waals surface area contributed by atoms with E-state index < -0.39 is 0 Å². The number of aliphatic imine (C=N–C) groups is 1. The van der Waals surface area contributed by atoms with Crippen LogP contribution in [0.3, 0.4) is 0 Å². The summed E-state index contributed by atoms with van der Waals surface area (Å²) in [6.07, 6.45) is 3.13. The summed E-state index contributed by atoms with van der Waals surface area (Å²) in [5, 5.41) is 10.3. The van der Waals surface area contributed by atoms with E-state index in [1.807, 2.05) is 13.0 Å². The molecule has 9 nitrogen and oxygen atoms in total. The molecule has 9 heteroatoms. The first-order chi connectivity index (χ1) is 12.7. The van der Waals surface area contributed by atoms with Crippen molar-refractivity contribution < 1.29 is 13.9 Å². The van der Waals surface area contributed by atoms with Crippen LogP contribution in [0.5, 0.6) is 0 Å². The number of nitrogens with one attached hydrogen (secondary N) is 2. The number of furan rings is 1. The lowest BCUT2D eigenvalue weighted by Crippen LogP contribution is -2.46. The van der Waals surface area contributed by atoms with Crippen LogP contribution in [-0.4, -0.2) is 58.8 Å². The number of H-pyrrole nitrogens is 1. The summed E-state index contributed by atoms with van der Waals surface area (Å²) in [5.74, 6) is 2.51. The number of aromatic amines is 1. The van der Waals surface area contributed by atoms with E-state index in [4.69, 9.17) is 9.15 Å². The first-order valence-electron chi connectivity index (χ1n) is 8.78. The maximum Gasteiger partial charge on any atom is 0.309 e. The predicted octanol–water partition coefficient (Wildman–Crippen LogP) is 1.42. The standard InChI is InChI=1S/C17H24N6O3/c1-3-25-16(24)12-6-8-23(9-7-12)17(18-2)19-11-14-20-15(22-21-14)13-5-4-10-26-13/h4-5,10,12H,3,6-9,11H2,1-2H3,(H,18,19)(H,20,21,22). The summed E-state index contributed by atoms with van der Waals surface area (Å²) in [5.41, 5.74) is 0. The van der Waals surface area contributed by atoms with Crippen LogP contribution in [0.2, 0.25) is 0 Å². The Balaban J connectivity index is 1.50. The summed E-state index contributed by atoms with van der Waals surface area (Å²) >= 11 is 0. The summed E-state index contributed by atoms with van der Waals surface area (Å²) in [7, 11) is 1.74. The molecule has 1 saturated heterocycles. The third-order valence-corrected chi connectivity index (χ3v) is 4.31. The number of piperidine rings is 1. The van der Waals surface area contributed by atoms with Gasteiger partial charge in [-0.1, -0.05) is 0 Å². The van der Waals surface area contributed by atoms with Crippen LogP contribution < -0.4 is 5.32 Å². The van der Waals surface area contributed by atoms with E-state index in [1.54, 1.807) is 19.4 Å². The third-order valence-electron chi connectivity index (χ3n) is 4.31. The largest absolute Gasteiger partial charge is 0.466 e. The quantitative estimate of drug-likeness (QED) is 0.471. The molecule has 26 heavy (non-hydrogen) atoms. The van der Waals surface area contributed by atoms with Gasteiger partial charge in [0.15, 0.2) is 11.7 Å². The number of esters is 1. The Bertz CT molecular complexity index is 732. The van der Waals surface area contributed by atoms with Crippen LogP contribution in [0.1, 0.15) is 25.6 Å². The molecule has 0 aliphatic carbocycles. The zero-order valence-electron chi connectivity index (χ0n) is 15.1. The van der Waals surface area contributed by atoms with Crippen LogP contribution in [0, 0.1) is 5.92 Å². The number of likely N-dealkylation sites (tertiary alicyclic amines) is 1. The van der Waals surface area contributed by atoms with Gasteiger partial charge in [-0.25, -0.2) is 4.98 Å². The van der Waals surface area contributed by atoms with Gasteiger partial charge in [0.2, 0.25) is 5.82 Å². The minimum atomic E-state index is -0.0952. The second-order valence-corrected chi connectivity index (χ2v) is 6.00. The Morgan fingerprint density at radius 1 is 1.50 bits per heavy atom. The van der Waals surface area contributed by atoms with Gasteiger partial charge in [0.25, 0.3) is 0 Å². The SMILES string of the molecule is CCOC(=O)C1CCN(C(=NC)NCc2nc(-c3ccco3)n[nH]2)CC1. The van der Waals surface area contributed by atoms with E-state index in [1.165, 1.54) is 0 Å². The molecule has 0 unspecified atom stereocenters. The van der Waals surface area contributed by atoms with Crippen molar-refractivity contribution in [3.8, 4) is 11.6 Å². The van der Waals surface area contributed by atoms with Gasteiger partial charge in [0.1, 0.15) is 5.82 Å². The fourth-order valence-electron chi connectivity index (χ4n) is 2.97. The smallest absolute Gasteiger partial charge is 0.309 e. The van der Waals surface area contributed by atoms with Crippen molar-refractivity contribution in [2.24, 2.45) is 10.9 Å². The number of carbonyl (C=O) groups is 1. The zero-order valence-corrected chi connectivity index (χ0v) is 15.1. The van der Waals surface area contributed by atoms with Gasteiger partial charge in [-0.2, -0.15) is 0 Å². The van der Waals surface area contributed by atoms with Crippen molar-refractivity contribution in [2.45, 2.75) is 26.3 Å². The maximum absolute atomic E-state index is 11.8. The van der Waals surface area contributed by atoms with Gasteiger partial charge in [-0.3, -0.25) is 14.9 Å². The molecule has 0 bridgehead atoms. The van der Waals surface area contributed by atoms with E-state index in [9.17, 15) is 4.79 Å². The highest BCUT2D eigenvalue weighted by Crippen LogP contribution is 2.19. The molecular formula is C17H24N6O3. The van der Waals surface area contributed by atoms with Crippen LogP contribution in [0.15, 0.2) is 27.8 Å². The molecule has 2 N–H and O–H groups in total. The monoisotopic (exact) mass is 360 g/mol. The average molecular weight is 360 g/mol. The normalized spacial score (nSPS) is 15.9. The van der Waals surface area contributed by atoms with Crippen molar-refractivity contribution in [1.29, 1.82) is 0 Å². The van der Waals surface area contributed by atoms with Crippen LogP contribution in [0.25, 0.3) is 11.6 Å². The maximum atomic E-state index is 11.8. The molecule has 1 fully saturated rings. The number of carbonyl (C=O) groups excluding carboxylic acids is 1. The zero-order chi connectivity index (χ0) is 18.4. The number of aromatic nitrogens is 3. The topological polar surface area (TPSA) is 109 Å². The van der Waals surface area contributed by atoms with Crippen LogP contribution in [0.4, 0.5) is 0 Å². The van der Waals surface area contributed by atoms with Crippen molar-refractivity contribution in [1.82, 2.24) is 25.4 Å².